The lowest BCUT2D eigenvalue weighted by Gasteiger charge is -2.07. The van der Waals surface area contributed by atoms with Gasteiger partial charge in [0.05, 0.1) is 5.52 Å². The Hall–Kier alpha value is -0.900. The second-order valence-electron chi connectivity index (χ2n) is 4.04. The summed E-state index contributed by atoms with van der Waals surface area (Å²) in [5.74, 6) is 0.767. The van der Waals surface area contributed by atoms with E-state index in [0.29, 0.717) is 11.6 Å². The lowest BCUT2D eigenvalue weighted by molar-refractivity contribution is 0.595. The number of benzene rings is 1. The third-order valence-corrected chi connectivity index (χ3v) is 3.47. The molecule has 1 aliphatic rings. The lowest BCUT2D eigenvalue weighted by atomic mass is 10.2. The van der Waals surface area contributed by atoms with E-state index in [1.807, 2.05) is 6.07 Å². The third kappa shape index (κ3) is 1.24. The van der Waals surface area contributed by atoms with Crippen molar-refractivity contribution in [1.29, 1.82) is 0 Å². The van der Waals surface area contributed by atoms with Crippen LogP contribution in [0.5, 0.6) is 0 Å². The Morgan fingerprint density at radius 2 is 2.33 bits per heavy atom. The SMILES string of the molecule is C[C@@H]1CCc2nc3c(F)cc(Br)cc3n21. The van der Waals surface area contributed by atoms with E-state index in [-0.39, 0.29) is 5.82 Å². The van der Waals surface area contributed by atoms with E-state index < -0.39 is 0 Å². The van der Waals surface area contributed by atoms with Gasteiger partial charge in [-0.15, -0.1) is 0 Å². The molecule has 0 saturated carbocycles. The number of hydrogen-bond acceptors (Lipinski definition) is 1. The molecule has 0 amide bonds. The van der Waals surface area contributed by atoms with Crippen molar-refractivity contribution in [1.82, 2.24) is 9.55 Å². The Kier molecular flexibility index (Phi) is 1.89. The molecular formula is C11H10BrFN2. The zero-order chi connectivity index (χ0) is 10.6. The summed E-state index contributed by atoms with van der Waals surface area (Å²) in [6.07, 6.45) is 2.05. The number of aryl methyl sites for hydroxylation is 1. The molecule has 1 aromatic carbocycles. The van der Waals surface area contributed by atoms with Crippen LogP contribution >= 0.6 is 15.9 Å². The van der Waals surface area contributed by atoms with E-state index in [2.05, 4.69) is 32.4 Å². The summed E-state index contributed by atoms with van der Waals surface area (Å²) in [6, 6.07) is 3.84. The lowest BCUT2D eigenvalue weighted by Crippen LogP contribution is -1.98. The normalized spacial score (nSPS) is 19.8. The third-order valence-electron chi connectivity index (χ3n) is 3.01. The van der Waals surface area contributed by atoms with Crippen molar-refractivity contribution in [2.45, 2.75) is 25.8 Å². The molecule has 0 spiro atoms. The van der Waals surface area contributed by atoms with Crippen LogP contribution in [0.25, 0.3) is 11.0 Å². The average molecular weight is 269 g/mol. The largest absolute Gasteiger partial charge is 0.325 e. The Bertz CT molecular complexity index is 547. The predicted octanol–water partition coefficient (Wildman–Crippen LogP) is 3.45. The maximum absolute atomic E-state index is 13.6. The monoisotopic (exact) mass is 268 g/mol. The Morgan fingerprint density at radius 3 is 3.13 bits per heavy atom. The first-order valence-electron chi connectivity index (χ1n) is 5.02. The molecule has 0 bridgehead atoms. The van der Waals surface area contributed by atoms with E-state index in [1.165, 1.54) is 6.07 Å². The summed E-state index contributed by atoms with van der Waals surface area (Å²) in [5.41, 5.74) is 1.40. The minimum absolute atomic E-state index is 0.242. The first kappa shape index (κ1) is 9.33. The second-order valence-corrected chi connectivity index (χ2v) is 4.96. The summed E-state index contributed by atoms with van der Waals surface area (Å²) in [6.45, 7) is 2.15. The molecular weight excluding hydrogens is 259 g/mol. The zero-order valence-electron chi connectivity index (χ0n) is 8.30. The predicted molar refractivity (Wildman–Crippen MR) is 60.4 cm³/mol. The number of hydrogen-bond donors (Lipinski definition) is 0. The maximum atomic E-state index is 13.6. The van der Waals surface area contributed by atoms with Gasteiger partial charge in [0.25, 0.3) is 0 Å². The fraction of sp³-hybridized carbons (Fsp3) is 0.364. The molecule has 2 aromatic rings. The fourth-order valence-corrected chi connectivity index (χ4v) is 2.72. The molecule has 0 radical (unpaired) electrons. The number of rotatable bonds is 0. The van der Waals surface area contributed by atoms with Gasteiger partial charge >= 0.3 is 0 Å². The molecule has 0 fully saturated rings. The molecule has 0 aliphatic carbocycles. The molecule has 0 unspecified atom stereocenters. The van der Waals surface area contributed by atoms with E-state index in [4.69, 9.17) is 0 Å². The number of aromatic nitrogens is 2. The minimum atomic E-state index is -0.242. The topological polar surface area (TPSA) is 17.8 Å². The van der Waals surface area contributed by atoms with Crippen molar-refractivity contribution >= 4 is 27.0 Å². The molecule has 1 aliphatic heterocycles. The van der Waals surface area contributed by atoms with E-state index in [9.17, 15) is 4.39 Å². The molecule has 2 nitrogen and oxygen atoms in total. The molecule has 0 saturated heterocycles. The van der Waals surface area contributed by atoms with Crippen LogP contribution in [0.4, 0.5) is 4.39 Å². The highest BCUT2D eigenvalue weighted by Gasteiger charge is 2.23. The van der Waals surface area contributed by atoms with Crippen LogP contribution in [0.15, 0.2) is 16.6 Å². The van der Waals surface area contributed by atoms with Crippen molar-refractivity contribution in [3.63, 3.8) is 0 Å². The van der Waals surface area contributed by atoms with E-state index in [0.717, 1.165) is 28.7 Å². The van der Waals surface area contributed by atoms with Crippen LogP contribution in [0.2, 0.25) is 0 Å². The summed E-state index contributed by atoms with van der Waals surface area (Å²) in [7, 11) is 0. The summed E-state index contributed by atoms with van der Waals surface area (Å²) < 4.78 is 16.5. The van der Waals surface area contributed by atoms with Gasteiger partial charge in [-0.25, -0.2) is 9.37 Å². The number of halogens is 2. The van der Waals surface area contributed by atoms with E-state index >= 15 is 0 Å². The van der Waals surface area contributed by atoms with Crippen LogP contribution in [0, 0.1) is 5.82 Å². The number of fused-ring (bicyclic) bond motifs is 3. The van der Waals surface area contributed by atoms with Gasteiger partial charge in [0.15, 0.2) is 5.82 Å². The highest BCUT2D eigenvalue weighted by molar-refractivity contribution is 9.10. The van der Waals surface area contributed by atoms with Crippen molar-refractivity contribution in [2.24, 2.45) is 0 Å². The Labute approximate surface area is 95.2 Å². The zero-order valence-corrected chi connectivity index (χ0v) is 9.88. The minimum Gasteiger partial charge on any atom is -0.325 e. The first-order valence-corrected chi connectivity index (χ1v) is 5.82. The van der Waals surface area contributed by atoms with Gasteiger partial charge in [0.1, 0.15) is 11.3 Å². The first-order chi connectivity index (χ1) is 7.16. The number of imidazole rings is 1. The Balaban J connectivity index is 2.41. The second kappa shape index (κ2) is 3.04. The van der Waals surface area contributed by atoms with E-state index in [1.54, 1.807) is 0 Å². The molecule has 1 aromatic heterocycles. The van der Waals surface area contributed by atoms with Gasteiger partial charge in [-0.3, -0.25) is 0 Å². The molecule has 78 valence electrons. The molecule has 3 rings (SSSR count). The van der Waals surface area contributed by atoms with Crippen molar-refractivity contribution < 1.29 is 4.39 Å². The smallest absolute Gasteiger partial charge is 0.152 e. The van der Waals surface area contributed by atoms with Gasteiger partial charge in [-0.05, 0) is 25.5 Å². The van der Waals surface area contributed by atoms with Crippen LogP contribution in [0.3, 0.4) is 0 Å². The summed E-state index contributed by atoms with van der Waals surface area (Å²) in [5, 5.41) is 0. The quantitative estimate of drug-likeness (QED) is 0.716. The van der Waals surface area contributed by atoms with Crippen LogP contribution in [0.1, 0.15) is 25.2 Å². The Morgan fingerprint density at radius 1 is 1.53 bits per heavy atom. The summed E-state index contributed by atoms with van der Waals surface area (Å²) in [4.78, 5) is 4.35. The molecule has 4 heteroatoms. The fourth-order valence-electron chi connectivity index (χ4n) is 2.30. The molecule has 2 heterocycles. The molecule has 0 N–H and O–H groups in total. The van der Waals surface area contributed by atoms with Crippen LogP contribution in [-0.2, 0) is 6.42 Å². The van der Waals surface area contributed by atoms with Gasteiger partial charge in [-0.2, -0.15) is 0 Å². The molecule has 15 heavy (non-hydrogen) atoms. The maximum Gasteiger partial charge on any atom is 0.152 e. The van der Waals surface area contributed by atoms with Gasteiger partial charge in [0, 0.05) is 16.9 Å². The van der Waals surface area contributed by atoms with Crippen LogP contribution in [-0.4, -0.2) is 9.55 Å². The highest BCUT2D eigenvalue weighted by atomic mass is 79.9. The van der Waals surface area contributed by atoms with Gasteiger partial charge < -0.3 is 4.57 Å². The van der Waals surface area contributed by atoms with Gasteiger partial charge in [0.2, 0.25) is 0 Å². The molecule has 1 atom stereocenters. The number of nitrogens with zero attached hydrogens (tertiary/aromatic N) is 2. The van der Waals surface area contributed by atoms with Crippen molar-refractivity contribution in [3.8, 4) is 0 Å². The highest BCUT2D eigenvalue weighted by Crippen LogP contribution is 2.32. The standard InChI is InChI=1S/C11H10BrFN2/c1-6-2-3-10-14-11-8(13)4-7(12)5-9(11)15(6)10/h4-6H,2-3H2,1H3/t6-/m1/s1. The summed E-state index contributed by atoms with van der Waals surface area (Å²) >= 11 is 3.32. The van der Waals surface area contributed by atoms with Crippen molar-refractivity contribution in [3.05, 3.63) is 28.2 Å². The average Bonchev–Trinajstić information content (AvgIpc) is 2.68. The van der Waals surface area contributed by atoms with Crippen LogP contribution < -0.4 is 0 Å². The van der Waals surface area contributed by atoms with Crippen molar-refractivity contribution in [2.75, 3.05) is 0 Å². The van der Waals surface area contributed by atoms with Gasteiger partial charge in [-0.1, -0.05) is 15.9 Å².